The average Bonchev–Trinajstić information content (AvgIpc) is 2.65. The standard InChI is InChI=1S/C26H51NO3Si2.Cr/c1-18(2)31(19(3)4,20(5)6)28-17-26-25(14-13-24(29-26)15-16-27)30-32(21(7)8,22(9)10)23(11)12;/h13-15,18-23,25-26H,17,27H2,1-12H3;/b24-15-;/t25-,26+;/m0./s1. The third kappa shape index (κ3) is 7.03. The number of allylic oxidation sites excluding steroid dienone is 1. The third-order valence-electron chi connectivity index (χ3n) is 7.64. The number of nitrogens with two attached hydrogens (primary N) is 1. The molecule has 0 aromatic heterocycles. The van der Waals surface area contributed by atoms with Crippen molar-refractivity contribution >= 4 is 21.1 Å². The molecule has 1 aliphatic rings. The fourth-order valence-corrected chi connectivity index (χ4v) is 17.6. The molecule has 0 saturated heterocycles. The van der Waals surface area contributed by atoms with Crippen LogP contribution in [0.2, 0.25) is 33.2 Å². The molecular formula is C26H51CrNO3Si2. The first-order valence-electron chi connectivity index (χ1n) is 12.8. The second-order valence-electron chi connectivity index (χ2n) is 11.5. The molecule has 1 rings (SSSR count). The predicted octanol–water partition coefficient (Wildman–Crippen LogP) is 7.21. The minimum atomic E-state index is -2.08. The summed E-state index contributed by atoms with van der Waals surface area (Å²) in [6.45, 7) is 28.4. The van der Waals surface area contributed by atoms with Gasteiger partial charge in [-0.3, -0.25) is 0 Å². The van der Waals surface area contributed by atoms with Crippen LogP contribution in [0.3, 0.4) is 0 Å². The van der Waals surface area contributed by atoms with Gasteiger partial charge in [0.05, 0.1) is 0 Å². The van der Waals surface area contributed by atoms with Crippen molar-refractivity contribution in [2.45, 2.75) is 129 Å². The summed E-state index contributed by atoms with van der Waals surface area (Å²) in [6, 6.07) is 0. The number of hydrogen-bond acceptors (Lipinski definition) is 4. The first kappa shape index (κ1) is 31.0. The Hall–Kier alpha value is -0.00377. The van der Waals surface area contributed by atoms with Crippen molar-refractivity contribution in [2.75, 3.05) is 6.61 Å². The van der Waals surface area contributed by atoms with Crippen molar-refractivity contribution in [2.24, 2.45) is 5.73 Å². The maximum atomic E-state index is 7.17. The van der Waals surface area contributed by atoms with Crippen molar-refractivity contribution in [1.29, 1.82) is 0 Å². The summed E-state index contributed by atoms with van der Waals surface area (Å²) < 4.78 is 21.2. The van der Waals surface area contributed by atoms with Crippen molar-refractivity contribution in [3.8, 4) is 0 Å². The fourth-order valence-electron chi connectivity index (χ4n) is 6.43. The monoisotopic (exact) mass is 533 g/mol. The molecule has 7 heteroatoms. The molecule has 0 radical (unpaired) electrons. The molecule has 2 N–H and O–H groups in total. The van der Waals surface area contributed by atoms with E-state index in [4.69, 9.17) is 19.3 Å². The molecule has 0 saturated carbocycles. The summed E-state index contributed by atoms with van der Waals surface area (Å²) in [5.41, 5.74) is 9.01. The van der Waals surface area contributed by atoms with E-state index < -0.39 is 16.6 Å². The molecule has 1 aliphatic heterocycles. The Bertz CT molecular complexity index is 658. The van der Waals surface area contributed by atoms with Gasteiger partial charge in [-0.2, -0.15) is 0 Å². The SMILES string of the molecule is CC(C)[Si](OC[C@H]1O/C(=C\[C](N)=[Cr])C=C[C@@H]1O[Si](C(C)C)(C(C)C)C(C)C)(C(C)C)C(C)C. The zero-order valence-electron chi connectivity index (χ0n) is 23.3. The molecule has 4 nitrogen and oxygen atoms in total. The Morgan fingerprint density at radius 3 is 1.67 bits per heavy atom. The van der Waals surface area contributed by atoms with E-state index >= 15 is 0 Å². The normalized spacial score (nSPS) is 21.4. The number of ether oxygens (including phenoxy) is 1. The molecule has 0 aromatic carbocycles. The van der Waals surface area contributed by atoms with E-state index in [9.17, 15) is 0 Å². The Morgan fingerprint density at radius 1 is 0.879 bits per heavy atom. The van der Waals surface area contributed by atoms with Gasteiger partial charge in [0.2, 0.25) is 0 Å². The average molecular weight is 534 g/mol. The van der Waals surface area contributed by atoms with E-state index in [1.165, 1.54) is 0 Å². The molecule has 0 amide bonds. The Morgan fingerprint density at radius 2 is 1.30 bits per heavy atom. The summed E-state index contributed by atoms with van der Waals surface area (Å²) in [5, 5.41) is 0. The first-order chi connectivity index (χ1) is 15.1. The van der Waals surface area contributed by atoms with Crippen LogP contribution < -0.4 is 5.73 Å². The van der Waals surface area contributed by atoms with Gasteiger partial charge in [-0.15, -0.1) is 0 Å². The van der Waals surface area contributed by atoms with E-state index in [1.54, 1.807) is 0 Å². The van der Waals surface area contributed by atoms with Gasteiger partial charge in [0, 0.05) is 0 Å². The first-order valence-corrected chi connectivity index (χ1v) is 17.7. The van der Waals surface area contributed by atoms with Gasteiger partial charge in [0.1, 0.15) is 0 Å². The molecule has 2 atom stereocenters. The Labute approximate surface area is 214 Å². The van der Waals surface area contributed by atoms with Crippen LogP contribution in [-0.2, 0) is 29.4 Å². The fraction of sp³-hybridized carbons (Fsp3) is 0.808. The second kappa shape index (κ2) is 12.8. The Balaban J connectivity index is 3.39. The third-order valence-corrected chi connectivity index (χ3v) is 20.0. The van der Waals surface area contributed by atoms with E-state index in [-0.39, 0.29) is 12.2 Å². The topological polar surface area (TPSA) is 53.7 Å². The summed E-state index contributed by atoms with van der Waals surface area (Å²) in [5.74, 6) is 0.761. The molecule has 1 heterocycles. The summed E-state index contributed by atoms with van der Waals surface area (Å²) >= 11 is 2.85. The summed E-state index contributed by atoms with van der Waals surface area (Å²) in [6.07, 6.45) is 5.71. The van der Waals surface area contributed by atoms with E-state index in [1.807, 2.05) is 12.2 Å². The molecule has 0 fully saturated rings. The van der Waals surface area contributed by atoms with Gasteiger partial charge in [0.25, 0.3) is 0 Å². The Kier molecular flexibility index (Phi) is 12.0. The van der Waals surface area contributed by atoms with Gasteiger partial charge in [-0.25, -0.2) is 0 Å². The van der Waals surface area contributed by atoms with Crippen LogP contribution >= 0.6 is 0 Å². The summed E-state index contributed by atoms with van der Waals surface area (Å²) in [7, 11) is -4.11. The molecule has 0 aliphatic carbocycles. The van der Waals surface area contributed by atoms with Crippen molar-refractivity contribution < 1.29 is 29.4 Å². The van der Waals surface area contributed by atoms with Crippen molar-refractivity contribution in [3.63, 3.8) is 0 Å². The van der Waals surface area contributed by atoms with Gasteiger partial charge < -0.3 is 0 Å². The molecule has 0 unspecified atom stereocenters. The maximum absolute atomic E-state index is 7.17. The van der Waals surface area contributed by atoms with Gasteiger partial charge >= 0.3 is 215 Å². The molecule has 0 spiro atoms. The summed E-state index contributed by atoms with van der Waals surface area (Å²) in [4.78, 5) is 0. The zero-order valence-corrected chi connectivity index (χ0v) is 26.5. The molecule has 33 heavy (non-hydrogen) atoms. The quantitative estimate of drug-likeness (QED) is 0.269. The van der Waals surface area contributed by atoms with Crippen LogP contribution in [0.15, 0.2) is 24.0 Å². The van der Waals surface area contributed by atoms with Gasteiger partial charge in [-0.1, -0.05) is 0 Å². The molecule has 192 valence electrons. The minimum absolute atomic E-state index is 0.124. The molecule has 0 bridgehead atoms. The van der Waals surface area contributed by atoms with E-state index in [0.29, 0.717) is 44.4 Å². The van der Waals surface area contributed by atoms with Gasteiger partial charge in [-0.05, 0) is 0 Å². The van der Waals surface area contributed by atoms with Crippen molar-refractivity contribution in [3.05, 3.63) is 24.0 Å². The number of hydrogen-bond donors (Lipinski definition) is 1. The van der Waals surface area contributed by atoms with Crippen LogP contribution in [0.1, 0.15) is 83.1 Å². The van der Waals surface area contributed by atoms with Crippen LogP contribution in [0, 0.1) is 0 Å². The van der Waals surface area contributed by atoms with E-state index in [0.717, 1.165) is 5.76 Å². The van der Waals surface area contributed by atoms with Crippen LogP contribution in [0.5, 0.6) is 0 Å². The molecular weight excluding hydrogens is 482 g/mol. The molecule has 0 aromatic rings. The van der Waals surface area contributed by atoms with Crippen LogP contribution in [-0.4, -0.2) is 40.0 Å². The van der Waals surface area contributed by atoms with Crippen molar-refractivity contribution in [1.82, 2.24) is 0 Å². The number of rotatable bonds is 12. The van der Waals surface area contributed by atoms with Crippen LogP contribution in [0.4, 0.5) is 0 Å². The second-order valence-corrected chi connectivity index (χ2v) is 23.1. The van der Waals surface area contributed by atoms with Crippen LogP contribution in [0.25, 0.3) is 0 Å². The van der Waals surface area contributed by atoms with E-state index in [2.05, 4.69) is 105 Å². The predicted molar refractivity (Wildman–Crippen MR) is 144 cm³/mol. The zero-order chi connectivity index (χ0) is 25.7. The van der Waals surface area contributed by atoms with Gasteiger partial charge in [0.15, 0.2) is 0 Å².